The van der Waals surface area contributed by atoms with Crippen LogP contribution in [0.4, 0.5) is 24.8 Å². The van der Waals surface area contributed by atoms with Gasteiger partial charge < -0.3 is 19.5 Å². The number of halogens is 3. The first-order chi connectivity index (χ1) is 17.4. The van der Waals surface area contributed by atoms with Crippen LogP contribution in [-0.4, -0.2) is 39.8 Å². The molecule has 1 saturated carbocycles. The van der Waals surface area contributed by atoms with Crippen LogP contribution in [-0.2, 0) is 0 Å². The summed E-state index contributed by atoms with van der Waals surface area (Å²) in [5.74, 6) is 0.806. The van der Waals surface area contributed by atoms with Crippen molar-refractivity contribution in [1.82, 2.24) is 14.5 Å². The zero-order chi connectivity index (χ0) is 27.0. The highest BCUT2D eigenvalue weighted by molar-refractivity contribution is 5.98. The fourth-order valence-corrected chi connectivity index (χ4v) is 5.74. The summed E-state index contributed by atoms with van der Waals surface area (Å²) in [6, 6.07) is 11.4. The van der Waals surface area contributed by atoms with Crippen LogP contribution < -0.4 is 10.1 Å². The van der Waals surface area contributed by atoms with Gasteiger partial charge >= 0.3 is 6.36 Å². The summed E-state index contributed by atoms with van der Waals surface area (Å²) < 4.78 is 43.9. The van der Waals surface area contributed by atoms with Crippen molar-refractivity contribution >= 4 is 28.6 Å². The van der Waals surface area contributed by atoms with Gasteiger partial charge in [-0.2, -0.15) is 0 Å². The van der Waals surface area contributed by atoms with Gasteiger partial charge in [0.15, 0.2) is 0 Å². The van der Waals surface area contributed by atoms with Gasteiger partial charge in [0.2, 0.25) is 5.95 Å². The predicted octanol–water partition coefficient (Wildman–Crippen LogP) is 7.55. The Hall–Kier alpha value is -3.23. The third-order valence-electron chi connectivity index (χ3n) is 7.06. The van der Waals surface area contributed by atoms with E-state index in [1.807, 2.05) is 26.0 Å². The first-order valence-corrected chi connectivity index (χ1v) is 12.8. The maximum absolute atomic E-state index is 13.1. The molecular weight excluding hydrogens is 481 g/mol. The summed E-state index contributed by atoms with van der Waals surface area (Å²) in [7, 11) is 0. The van der Waals surface area contributed by atoms with Gasteiger partial charge in [0, 0.05) is 30.4 Å². The number of fused-ring (bicyclic) bond motifs is 1. The molecule has 1 amide bonds. The predicted molar refractivity (Wildman–Crippen MR) is 139 cm³/mol. The Morgan fingerprint density at radius 1 is 1.14 bits per heavy atom. The van der Waals surface area contributed by atoms with Crippen molar-refractivity contribution in [1.29, 1.82) is 0 Å². The number of benzene rings is 2. The lowest BCUT2D eigenvalue weighted by atomic mass is 9.70. The lowest BCUT2D eigenvalue weighted by Gasteiger charge is -2.40. The van der Waals surface area contributed by atoms with Gasteiger partial charge in [-0.15, -0.1) is 13.2 Å². The molecule has 1 aliphatic rings. The number of nitrogens with one attached hydrogen (secondary N) is 1. The second-order valence-electron chi connectivity index (χ2n) is 10.8. The number of carbonyl (C=O) groups is 1. The zero-order valence-corrected chi connectivity index (χ0v) is 22.0. The number of hydrogen-bond acceptors (Lipinski definition) is 4. The van der Waals surface area contributed by atoms with Crippen molar-refractivity contribution in [2.24, 2.45) is 11.3 Å². The van der Waals surface area contributed by atoms with E-state index in [1.165, 1.54) is 24.3 Å². The molecule has 0 spiro atoms. The number of alkyl halides is 3. The standard InChI is InChI=1S/C28H35F3N4O2/c1-6-34(7-2)25(36)19-8-13-23-24(15-19)35(21-14-18(3)16-27(4,5)17-21)26(33-23)32-20-9-11-22(12-10-20)37-28(29,30)31/h8-13,15,18,21H,6-7,14,16-17H2,1-5H3,(H,32,33). The second kappa shape index (κ2) is 10.3. The Kier molecular flexibility index (Phi) is 7.44. The highest BCUT2D eigenvalue weighted by Crippen LogP contribution is 2.46. The van der Waals surface area contributed by atoms with E-state index in [9.17, 15) is 18.0 Å². The minimum absolute atomic E-state index is 0.0215. The normalized spacial score (nSPS) is 19.6. The SMILES string of the molecule is CCN(CC)C(=O)c1ccc2nc(Nc3ccc(OC(F)(F)F)cc3)n(C3CC(C)CC(C)(C)C3)c2c1. The Balaban J connectivity index is 1.76. The molecule has 37 heavy (non-hydrogen) atoms. The number of rotatable bonds is 7. The topological polar surface area (TPSA) is 59.4 Å². The number of anilines is 2. The Morgan fingerprint density at radius 2 is 1.81 bits per heavy atom. The van der Waals surface area contributed by atoms with Crippen molar-refractivity contribution in [2.75, 3.05) is 18.4 Å². The van der Waals surface area contributed by atoms with Crippen LogP contribution in [0, 0.1) is 11.3 Å². The van der Waals surface area contributed by atoms with Crippen molar-refractivity contribution in [3.63, 3.8) is 0 Å². The molecular formula is C28H35F3N4O2. The zero-order valence-electron chi connectivity index (χ0n) is 22.0. The summed E-state index contributed by atoms with van der Waals surface area (Å²) in [5.41, 5.74) is 2.97. The van der Waals surface area contributed by atoms with Crippen molar-refractivity contribution in [2.45, 2.75) is 66.3 Å². The van der Waals surface area contributed by atoms with E-state index in [-0.39, 0.29) is 23.1 Å². The van der Waals surface area contributed by atoms with Crippen LogP contribution in [0.3, 0.4) is 0 Å². The lowest BCUT2D eigenvalue weighted by Crippen LogP contribution is -2.31. The van der Waals surface area contributed by atoms with E-state index in [1.54, 1.807) is 11.0 Å². The molecule has 2 atom stereocenters. The molecule has 6 nitrogen and oxygen atoms in total. The Morgan fingerprint density at radius 3 is 2.41 bits per heavy atom. The molecule has 3 aromatic rings. The van der Waals surface area contributed by atoms with Crippen molar-refractivity contribution in [3.05, 3.63) is 48.0 Å². The Bertz CT molecular complexity index is 1250. The monoisotopic (exact) mass is 516 g/mol. The number of carbonyl (C=O) groups excluding carboxylic acids is 1. The van der Waals surface area contributed by atoms with E-state index in [2.05, 4.69) is 35.4 Å². The number of imidazole rings is 1. The van der Waals surface area contributed by atoms with Gasteiger partial charge in [0.1, 0.15) is 5.75 Å². The van der Waals surface area contributed by atoms with E-state index < -0.39 is 6.36 Å². The fourth-order valence-electron chi connectivity index (χ4n) is 5.74. The lowest BCUT2D eigenvalue weighted by molar-refractivity contribution is -0.274. The smallest absolute Gasteiger partial charge is 0.406 e. The summed E-state index contributed by atoms with van der Waals surface area (Å²) in [6.07, 6.45) is -1.70. The average Bonchev–Trinajstić information content (AvgIpc) is 3.15. The molecule has 1 N–H and O–H groups in total. The molecule has 1 aliphatic carbocycles. The molecule has 0 aliphatic heterocycles. The van der Waals surface area contributed by atoms with Gasteiger partial charge in [-0.25, -0.2) is 4.98 Å². The number of hydrogen-bond donors (Lipinski definition) is 1. The van der Waals surface area contributed by atoms with Crippen molar-refractivity contribution < 1.29 is 22.7 Å². The molecule has 9 heteroatoms. The highest BCUT2D eigenvalue weighted by Gasteiger charge is 2.35. The maximum atomic E-state index is 13.1. The van der Waals surface area contributed by atoms with E-state index >= 15 is 0 Å². The highest BCUT2D eigenvalue weighted by atomic mass is 19.4. The summed E-state index contributed by atoms with van der Waals surface area (Å²) in [5, 5.41) is 3.30. The molecule has 200 valence electrons. The van der Waals surface area contributed by atoms with Crippen LogP contribution in [0.25, 0.3) is 11.0 Å². The fraction of sp³-hybridized carbons (Fsp3) is 0.500. The molecule has 1 fully saturated rings. The van der Waals surface area contributed by atoms with Crippen molar-refractivity contribution in [3.8, 4) is 5.75 Å². The summed E-state index contributed by atoms with van der Waals surface area (Å²) in [6.45, 7) is 12.0. The van der Waals surface area contributed by atoms with Crippen LogP contribution in [0.5, 0.6) is 5.75 Å². The minimum Gasteiger partial charge on any atom is -0.406 e. The largest absolute Gasteiger partial charge is 0.573 e. The first kappa shape index (κ1) is 26.8. The van der Waals surface area contributed by atoms with Gasteiger partial charge in [0.05, 0.1) is 11.0 Å². The molecule has 0 bridgehead atoms. The van der Waals surface area contributed by atoms with Gasteiger partial charge in [-0.05, 0) is 86.9 Å². The average molecular weight is 517 g/mol. The third-order valence-corrected chi connectivity index (χ3v) is 7.06. The second-order valence-corrected chi connectivity index (χ2v) is 10.8. The molecule has 1 heterocycles. The number of nitrogens with zero attached hydrogens (tertiary/aromatic N) is 3. The van der Waals surface area contributed by atoms with Crippen LogP contribution in [0.2, 0.25) is 0 Å². The first-order valence-electron chi connectivity index (χ1n) is 12.8. The Labute approximate surface area is 215 Å². The summed E-state index contributed by atoms with van der Waals surface area (Å²) >= 11 is 0. The maximum Gasteiger partial charge on any atom is 0.573 e. The molecule has 0 radical (unpaired) electrons. The van der Waals surface area contributed by atoms with Crippen LogP contribution in [0.15, 0.2) is 42.5 Å². The van der Waals surface area contributed by atoms with E-state index in [4.69, 9.17) is 4.98 Å². The third kappa shape index (κ3) is 6.19. The molecule has 2 aromatic carbocycles. The van der Waals surface area contributed by atoms with E-state index in [0.29, 0.717) is 36.2 Å². The number of aromatic nitrogens is 2. The summed E-state index contributed by atoms with van der Waals surface area (Å²) in [4.78, 5) is 19.7. The van der Waals surface area contributed by atoms with Gasteiger partial charge in [0.25, 0.3) is 5.91 Å². The quantitative estimate of drug-likeness (QED) is 0.352. The van der Waals surface area contributed by atoms with Crippen LogP contribution >= 0.6 is 0 Å². The number of amides is 1. The molecule has 4 rings (SSSR count). The van der Waals surface area contributed by atoms with Crippen LogP contribution in [0.1, 0.15) is 70.3 Å². The van der Waals surface area contributed by atoms with Gasteiger partial charge in [-0.1, -0.05) is 20.8 Å². The molecule has 1 aromatic heterocycles. The molecule has 0 saturated heterocycles. The molecule has 2 unspecified atom stereocenters. The minimum atomic E-state index is -4.74. The van der Waals surface area contributed by atoms with E-state index in [0.717, 1.165) is 30.3 Å². The van der Waals surface area contributed by atoms with Gasteiger partial charge in [-0.3, -0.25) is 4.79 Å². The number of ether oxygens (including phenoxy) is 1.